The van der Waals surface area contributed by atoms with Gasteiger partial charge in [-0.25, -0.2) is 0 Å². The number of nitrogens with two attached hydrogens (primary N) is 1. The van der Waals surface area contributed by atoms with Crippen LogP contribution in [0.5, 0.6) is 0 Å². The van der Waals surface area contributed by atoms with E-state index in [2.05, 4.69) is 5.40 Å². The molecule has 0 bridgehead atoms. The molecule has 0 unspecified atom stereocenters. The van der Waals surface area contributed by atoms with Crippen LogP contribution in [0.2, 0.25) is 0 Å². The van der Waals surface area contributed by atoms with E-state index in [4.69, 9.17) is 9.79 Å². The van der Waals surface area contributed by atoms with E-state index in [-0.39, 0.29) is 0 Å². The van der Waals surface area contributed by atoms with E-state index in [1.807, 2.05) is 0 Å². The zero-order valence-corrected chi connectivity index (χ0v) is 5.34. The Balaban J connectivity index is 3.48. The topological polar surface area (TPSA) is 83.6 Å². The van der Waals surface area contributed by atoms with E-state index in [0.717, 1.165) is 0 Å². The van der Waals surface area contributed by atoms with Crippen LogP contribution in [0.3, 0.4) is 0 Å². The van der Waals surface area contributed by atoms with E-state index >= 15 is 0 Å². The molecule has 0 fully saturated rings. The fraction of sp³-hybridized carbons (Fsp3) is 0. The first-order valence-electron chi connectivity index (χ1n) is 1.31. The lowest BCUT2D eigenvalue weighted by Crippen LogP contribution is -2.03. The van der Waals surface area contributed by atoms with Gasteiger partial charge in [-0.3, -0.25) is 4.57 Å². The Morgan fingerprint density at radius 2 is 1.83 bits per heavy atom. The minimum atomic E-state index is -3.73. The van der Waals surface area contributed by atoms with Crippen molar-refractivity contribution in [3.8, 4) is 0 Å². The summed E-state index contributed by atoms with van der Waals surface area (Å²) < 4.78 is 9.63. The van der Waals surface area contributed by atoms with Crippen molar-refractivity contribution in [2.24, 2.45) is 5.40 Å². The largest absolute Gasteiger partial charge is 0.346 e. The summed E-state index contributed by atoms with van der Waals surface area (Å²) >= 11 is 0. The van der Waals surface area contributed by atoms with Gasteiger partial charge in [0, 0.05) is 0 Å². The third-order valence-corrected chi connectivity index (χ3v) is 2.14. The van der Waals surface area contributed by atoms with Gasteiger partial charge in [0.1, 0.15) is 0 Å². The Bertz CT molecular complexity index is 74.9. The highest BCUT2D eigenvalue weighted by molar-refractivity contribution is 7.81. The van der Waals surface area contributed by atoms with Crippen LogP contribution in [0, 0.1) is 0 Å². The lowest BCUT2D eigenvalue weighted by Gasteiger charge is -1.92. The van der Waals surface area contributed by atoms with E-state index in [9.17, 15) is 4.57 Å². The fourth-order valence-electron chi connectivity index (χ4n) is 0. The molecule has 0 saturated heterocycles. The predicted molar refractivity (Wildman–Crippen MR) is 24.8 cm³/mol. The van der Waals surface area contributed by atoms with Gasteiger partial charge >= 0.3 is 7.14 Å². The Labute approximate surface area is 37.3 Å². The molecule has 0 aliphatic carbocycles. The minimum Gasteiger partial charge on any atom is -0.346 e. The second-order valence-electron chi connectivity index (χ2n) is 0.847. The molecule has 0 saturated carbocycles. The van der Waals surface area contributed by atoms with Crippen molar-refractivity contribution in [2.75, 3.05) is 0 Å². The number of hydrogen-bond acceptors (Lipinski definition) is 2. The summed E-state index contributed by atoms with van der Waals surface area (Å²) in [6.45, 7) is 0. The van der Waals surface area contributed by atoms with Gasteiger partial charge in [0.2, 0.25) is 9.35 Å². The highest BCUT2D eigenvalue weighted by Gasteiger charge is 2.06. The van der Waals surface area contributed by atoms with Crippen LogP contribution in [0.4, 0.5) is 0 Å². The first kappa shape index (κ1) is 6.33. The molecule has 0 heterocycles. The highest BCUT2D eigenvalue weighted by atomic mass is 31.4. The Morgan fingerprint density at radius 3 is 1.83 bits per heavy atom. The molecule has 0 aliphatic heterocycles. The van der Waals surface area contributed by atoms with E-state index < -0.39 is 16.5 Å². The quantitative estimate of drug-likeness (QED) is 0.284. The van der Waals surface area contributed by atoms with Gasteiger partial charge < -0.3 is 15.2 Å². The van der Waals surface area contributed by atoms with Crippen LogP contribution in [0.25, 0.3) is 0 Å². The summed E-state index contributed by atoms with van der Waals surface area (Å²) in [5.41, 5.74) is 0. The average Bonchev–Trinajstić information content (AvgIpc) is 1.35. The second-order valence-corrected chi connectivity index (χ2v) is 6.11. The molecule has 0 amide bonds. The summed E-state index contributed by atoms with van der Waals surface area (Å²) in [6.07, 6.45) is 0. The van der Waals surface area contributed by atoms with Crippen LogP contribution < -0.4 is 5.40 Å². The van der Waals surface area contributed by atoms with Crippen LogP contribution in [0.1, 0.15) is 0 Å². The molecule has 4 nitrogen and oxygen atoms in total. The summed E-state index contributed by atoms with van der Waals surface area (Å²) in [5.74, 6) is 0. The van der Waals surface area contributed by atoms with Gasteiger partial charge in [-0.2, -0.15) is 0 Å². The van der Waals surface area contributed by atoms with Crippen molar-refractivity contribution in [1.82, 2.24) is 0 Å². The standard InChI is InChI=1S/H6NO3PSi/c1-6-5(2,3)4/h1,6H2,(H2,2,3,4). The molecular formula is H6NO3PSi. The van der Waals surface area contributed by atoms with Crippen LogP contribution in [0.15, 0.2) is 0 Å². The fourth-order valence-corrected chi connectivity index (χ4v) is 0. The van der Waals surface area contributed by atoms with E-state index in [0.29, 0.717) is 0 Å². The molecule has 6 heavy (non-hydrogen) atoms. The molecule has 0 rings (SSSR count). The summed E-state index contributed by atoms with van der Waals surface area (Å²) in [5, 5.41) is 4.68. The zero-order chi connectivity index (χ0) is 5.21. The van der Waals surface area contributed by atoms with Crippen LogP contribution >= 0.6 is 7.14 Å². The van der Waals surface area contributed by atoms with Gasteiger partial charge in [-0.15, -0.1) is 0 Å². The predicted octanol–water partition coefficient (Wildman–Crippen LogP) is -1.88. The van der Waals surface area contributed by atoms with Crippen molar-refractivity contribution in [2.45, 2.75) is 0 Å². The molecule has 0 aromatic rings. The zero-order valence-electron chi connectivity index (χ0n) is 3.03. The first-order chi connectivity index (χ1) is 2.56. The van der Waals surface area contributed by atoms with Gasteiger partial charge in [-0.05, 0) is 0 Å². The van der Waals surface area contributed by atoms with Gasteiger partial charge in [-0.1, -0.05) is 0 Å². The maximum Gasteiger partial charge on any atom is 0.301 e. The maximum absolute atomic E-state index is 9.63. The van der Waals surface area contributed by atoms with Gasteiger partial charge in [0.15, 0.2) is 0 Å². The van der Waals surface area contributed by atoms with Crippen molar-refractivity contribution < 1.29 is 14.4 Å². The highest BCUT2D eigenvalue weighted by Crippen LogP contribution is 2.28. The minimum absolute atomic E-state index is 1.58. The number of rotatable bonds is 1. The van der Waals surface area contributed by atoms with E-state index in [1.165, 1.54) is 0 Å². The monoisotopic (exact) mass is 127 g/mol. The summed E-state index contributed by atoms with van der Waals surface area (Å²) in [7, 11) is -5.31. The molecule has 0 aliphatic rings. The smallest absolute Gasteiger partial charge is 0.301 e. The summed E-state index contributed by atoms with van der Waals surface area (Å²) in [6, 6.07) is 0. The van der Waals surface area contributed by atoms with Crippen molar-refractivity contribution in [1.29, 1.82) is 0 Å². The molecule has 0 atom stereocenters. The van der Waals surface area contributed by atoms with Gasteiger partial charge in [0.05, 0.1) is 0 Å². The maximum atomic E-state index is 9.63. The Morgan fingerprint density at radius 1 is 1.67 bits per heavy atom. The SMILES string of the molecule is N[SiH2]P(=O)(O)O. The molecule has 0 aromatic carbocycles. The third-order valence-electron chi connectivity index (χ3n) is 0.238. The molecule has 0 spiro atoms. The van der Waals surface area contributed by atoms with E-state index in [1.54, 1.807) is 0 Å². The average molecular weight is 127 g/mol. The number of hydrogen-bond donors (Lipinski definition) is 3. The molecule has 0 aromatic heterocycles. The summed E-state index contributed by atoms with van der Waals surface area (Å²) in [4.78, 5) is 15.7. The third kappa shape index (κ3) is 4.33. The van der Waals surface area contributed by atoms with Crippen LogP contribution in [-0.4, -0.2) is 19.1 Å². The Kier molecular flexibility index (Phi) is 1.96. The van der Waals surface area contributed by atoms with Crippen molar-refractivity contribution in [3.63, 3.8) is 0 Å². The van der Waals surface area contributed by atoms with Crippen molar-refractivity contribution >= 4 is 16.5 Å². The lowest BCUT2D eigenvalue weighted by atomic mass is 13.9. The first-order valence-corrected chi connectivity index (χ1v) is 5.82. The lowest BCUT2D eigenvalue weighted by molar-refractivity contribution is 0.393. The normalized spacial score (nSPS) is 13.8. The molecule has 4 N–H and O–H groups in total. The molecular weight excluding hydrogens is 121 g/mol. The Hall–Kier alpha value is 0.327. The van der Waals surface area contributed by atoms with Crippen LogP contribution in [-0.2, 0) is 4.57 Å². The van der Waals surface area contributed by atoms with Gasteiger partial charge in [0.25, 0.3) is 0 Å². The second kappa shape index (κ2) is 1.86. The molecule has 38 valence electrons. The molecule has 0 radical (unpaired) electrons. The molecule has 6 heteroatoms. The van der Waals surface area contributed by atoms with Crippen molar-refractivity contribution in [3.05, 3.63) is 0 Å².